The first kappa shape index (κ1) is 13.4. The molecule has 0 atom stereocenters. The van der Waals surface area contributed by atoms with Gasteiger partial charge in [-0.05, 0) is 12.3 Å². The van der Waals surface area contributed by atoms with Crippen LogP contribution < -0.4 is 10.2 Å². The summed E-state index contributed by atoms with van der Waals surface area (Å²) in [5.74, 6) is 1.61. The van der Waals surface area contributed by atoms with Crippen molar-refractivity contribution in [1.82, 2.24) is 19.9 Å². The maximum Gasteiger partial charge on any atom is 0.157 e. The summed E-state index contributed by atoms with van der Waals surface area (Å²) in [5, 5.41) is 8.15. The number of nitrogens with one attached hydrogen (secondary N) is 1. The van der Waals surface area contributed by atoms with E-state index < -0.39 is 0 Å². The van der Waals surface area contributed by atoms with Gasteiger partial charge in [0, 0.05) is 44.0 Å². The van der Waals surface area contributed by atoms with E-state index in [-0.39, 0.29) is 0 Å². The first-order chi connectivity index (χ1) is 9.69. The zero-order chi connectivity index (χ0) is 14.1. The summed E-state index contributed by atoms with van der Waals surface area (Å²) in [4.78, 5) is 7.11. The molecule has 1 N–H and O–H groups in total. The Morgan fingerprint density at radius 1 is 1.25 bits per heavy atom. The normalized spacial score (nSPS) is 16.3. The van der Waals surface area contributed by atoms with Gasteiger partial charge in [0.25, 0.3) is 0 Å². The van der Waals surface area contributed by atoms with Crippen LogP contribution in [0.4, 0.5) is 5.82 Å². The van der Waals surface area contributed by atoms with Crippen molar-refractivity contribution in [2.45, 2.75) is 33.1 Å². The van der Waals surface area contributed by atoms with E-state index >= 15 is 0 Å². The Balaban J connectivity index is 2.11. The second kappa shape index (κ2) is 5.40. The highest BCUT2D eigenvalue weighted by molar-refractivity contribution is 5.52. The van der Waals surface area contributed by atoms with Gasteiger partial charge in [0.2, 0.25) is 0 Å². The Kier molecular flexibility index (Phi) is 3.61. The van der Waals surface area contributed by atoms with E-state index in [0.717, 1.165) is 49.6 Å². The molecule has 0 bridgehead atoms. The van der Waals surface area contributed by atoms with E-state index in [0.29, 0.717) is 5.92 Å². The first-order valence-corrected chi connectivity index (χ1v) is 7.54. The van der Waals surface area contributed by atoms with E-state index in [4.69, 9.17) is 10.1 Å². The van der Waals surface area contributed by atoms with Crippen LogP contribution in [0.1, 0.15) is 38.1 Å². The van der Waals surface area contributed by atoms with Gasteiger partial charge in [0.1, 0.15) is 5.82 Å². The molecule has 1 saturated heterocycles. The Morgan fingerprint density at radius 3 is 2.65 bits per heavy atom. The van der Waals surface area contributed by atoms with Crippen molar-refractivity contribution in [1.29, 1.82) is 0 Å². The number of rotatable bonds is 3. The zero-order valence-electron chi connectivity index (χ0n) is 12.6. The van der Waals surface area contributed by atoms with Crippen molar-refractivity contribution in [2.24, 2.45) is 0 Å². The summed E-state index contributed by atoms with van der Waals surface area (Å²) < 4.78 is 2.01. The highest BCUT2D eigenvalue weighted by atomic mass is 15.4. The fraction of sp³-hybridized carbons (Fsp3) is 0.600. The van der Waals surface area contributed by atoms with Crippen LogP contribution in [-0.2, 0) is 6.42 Å². The van der Waals surface area contributed by atoms with Crippen molar-refractivity contribution < 1.29 is 0 Å². The summed E-state index contributed by atoms with van der Waals surface area (Å²) in [6.07, 6.45) is 0.956. The van der Waals surface area contributed by atoms with Crippen molar-refractivity contribution in [2.75, 3.05) is 31.1 Å². The van der Waals surface area contributed by atoms with Crippen LogP contribution in [-0.4, -0.2) is 40.8 Å². The molecule has 20 heavy (non-hydrogen) atoms. The van der Waals surface area contributed by atoms with Crippen molar-refractivity contribution in [3.63, 3.8) is 0 Å². The SMILES string of the molecule is CCc1cc(N2CCNCC2)n2nc(C(C)C)cc2n1. The predicted octanol–water partition coefficient (Wildman–Crippen LogP) is 1.82. The van der Waals surface area contributed by atoms with Crippen molar-refractivity contribution >= 4 is 11.5 Å². The molecule has 1 aliphatic rings. The lowest BCUT2D eigenvalue weighted by atomic mass is 10.1. The molecule has 5 heteroatoms. The smallest absolute Gasteiger partial charge is 0.157 e. The van der Waals surface area contributed by atoms with Gasteiger partial charge in [0.05, 0.1) is 5.69 Å². The molecule has 0 radical (unpaired) electrons. The molecule has 3 heterocycles. The number of fused-ring (bicyclic) bond motifs is 1. The topological polar surface area (TPSA) is 45.5 Å². The third-order valence-corrected chi connectivity index (χ3v) is 3.88. The molecule has 3 rings (SSSR count). The van der Waals surface area contributed by atoms with Crippen LogP contribution in [0.3, 0.4) is 0 Å². The molecule has 0 aliphatic carbocycles. The zero-order valence-corrected chi connectivity index (χ0v) is 12.6. The van der Waals surface area contributed by atoms with Gasteiger partial charge in [-0.2, -0.15) is 9.61 Å². The molecule has 1 fully saturated rings. The van der Waals surface area contributed by atoms with Gasteiger partial charge in [-0.15, -0.1) is 0 Å². The molecule has 1 aliphatic heterocycles. The lowest BCUT2D eigenvalue weighted by Gasteiger charge is -2.29. The number of hydrogen-bond acceptors (Lipinski definition) is 4. The summed E-state index contributed by atoms with van der Waals surface area (Å²) in [7, 11) is 0. The van der Waals surface area contributed by atoms with Crippen LogP contribution in [0, 0.1) is 0 Å². The first-order valence-electron chi connectivity index (χ1n) is 7.54. The Hall–Kier alpha value is -1.62. The molecule has 0 saturated carbocycles. The van der Waals surface area contributed by atoms with Crippen LogP contribution in [0.15, 0.2) is 12.1 Å². The maximum atomic E-state index is 4.75. The molecule has 0 spiro atoms. The number of aromatic nitrogens is 3. The molecular formula is C15H23N5. The van der Waals surface area contributed by atoms with E-state index in [1.165, 1.54) is 5.82 Å². The van der Waals surface area contributed by atoms with E-state index in [1.807, 2.05) is 4.52 Å². The lowest BCUT2D eigenvalue weighted by molar-refractivity contribution is 0.578. The fourth-order valence-electron chi connectivity index (χ4n) is 2.61. The number of piperazine rings is 1. The molecule has 0 unspecified atom stereocenters. The number of nitrogens with zero attached hydrogens (tertiary/aromatic N) is 4. The van der Waals surface area contributed by atoms with Gasteiger partial charge >= 0.3 is 0 Å². The highest BCUT2D eigenvalue weighted by Gasteiger charge is 2.17. The summed E-state index contributed by atoms with van der Waals surface area (Å²) in [6, 6.07) is 4.31. The van der Waals surface area contributed by atoms with Crippen LogP contribution in [0.5, 0.6) is 0 Å². The predicted molar refractivity (Wildman–Crippen MR) is 81.5 cm³/mol. The minimum Gasteiger partial charge on any atom is -0.354 e. The average Bonchev–Trinajstić information content (AvgIpc) is 2.91. The largest absolute Gasteiger partial charge is 0.354 e. The number of hydrogen-bond donors (Lipinski definition) is 1. The molecule has 0 amide bonds. The maximum absolute atomic E-state index is 4.75. The molecular weight excluding hydrogens is 250 g/mol. The Bertz CT molecular complexity index is 596. The molecule has 108 valence electrons. The molecule has 0 aromatic carbocycles. The van der Waals surface area contributed by atoms with Crippen LogP contribution >= 0.6 is 0 Å². The van der Waals surface area contributed by atoms with Gasteiger partial charge in [-0.25, -0.2) is 4.98 Å². The summed E-state index contributed by atoms with van der Waals surface area (Å²) in [5.41, 5.74) is 3.23. The fourth-order valence-corrected chi connectivity index (χ4v) is 2.61. The van der Waals surface area contributed by atoms with Crippen molar-refractivity contribution in [3.05, 3.63) is 23.5 Å². The van der Waals surface area contributed by atoms with Gasteiger partial charge in [-0.3, -0.25) is 0 Å². The average molecular weight is 273 g/mol. The third-order valence-electron chi connectivity index (χ3n) is 3.88. The van der Waals surface area contributed by atoms with Crippen LogP contribution in [0.2, 0.25) is 0 Å². The molecule has 5 nitrogen and oxygen atoms in total. The quantitative estimate of drug-likeness (QED) is 0.926. The summed E-state index contributed by atoms with van der Waals surface area (Å²) in [6.45, 7) is 10.6. The van der Waals surface area contributed by atoms with Crippen molar-refractivity contribution in [3.8, 4) is 0 Å². The lowest BCUT2D eigenvalue weighted by Crippen LogP contribution is -2.44. The van der Waals surface area contributed by atoms with E-state index in [2.05, 4.69) is 43.1 Å². The third kappa shape index (κ3) is 2.38. The van der Waals surface area contributed by atoms with Gasteiger partial charge < -0.3 is 10.2 Å². The van der Waals surface area contributed by atoms with E-state index in [9.17, 15) is 0 Å². The standard InChI is InChI=1S/C15H23N5/c1-4-12-9-15(19-7-5-16-6-8-19)20-14(17-12)10-13(18-20)11(2)3/h9-11,16H,4-8H2,1-3H3. The minimum atomic E-state index is 0.428. The number of anilines is 1. The minimum absolute atomic E-state index is 0.428. The monoisotopic (exact) mass is 273 g/mol. The summed E-state index contributed by atoms with van der Waals surface area (Å²) >= 11 is 0. The Labute approximate surface area is 120 Å². The molecule has 2 aromatic rings. The number of aryl methyl sites for hydroxylation is 1. The van der Waals surface area contributed by atoms with Gasteiger partial charge in [-0.1, -0.05) is 20.8 Å². The Morgan fingerprint density at radius 2 is 2.00 bits per heavy atom. The highest BCUT2D eigenvalue weighted by Crippen LogP contribution is 2.22. The molecule has 2 aromatic heterocycles. The second-order valence-electron chi connectivity index (χ2n) is 5.69. The van der Waals surface area contributed by atoms with Gasteiger partial charge in [0.15, 0.2) is 5.65 Å². The second-order valence-corrected chi connectivity index (χ2v) is 5.69. The van der Waals surface area contributed by atoms with Crippen LogP contribution in [0.25, 0.3) is 5.65 Å². The van der Waals surface area contributed by atoms with E-state index in [1.54, 1.807) is 0 Å².